The Morgan fingerprint density at radius 1 is 1.12 bits per heavy atom. The second kappa shape index (κ2) is 9.84. The fourth-order valence-electron chi connectivity index (χ4n) is 3.41. The van der Waals surface area contributed by atoms with Crippen LogP contribution in [0.1, 0.15) is 24.3 Å². The van der Waals surface area contributed by atoms with Crippen molar-refractivity contribution in [1.29, 1.82) is 0 Å². The number of furan rings is 1. The molecule has 0 bridgehead atoms. The lowest BCUT2D eigenvalue weighted by molar-refractivity contribution is -0.119. The summed E-state index contributed by atoms with van der Waals surface area (Å²) in [6, 6.07) is 17.3. The van der Waals surface area contributed by atoms with Crippen molar-refractivity contribution in [2.45, 2.75) is 29.9 Å². The van der Waals surface area contributed by atoms with E-state index in [2.05, 4.69) is 15.5 Å². The van der Waals surface area contributed by atoms with Gasteiger partial charge in [-0.15, -0.1) is 10.2 Å². The van der Waals surface area contributed by atoms with Gasteiger partial charge in [-0.2, -0.15) is 0 Å². The zero-order chi connectivity index (χ0) is 24.3. The molecule has 0 radical (unpaired) electrons. The van der Waals surface area contributed by atoms with Gasteiger partial charge in [0.2, 0.25) is 15.9 Å². The number of sulfonamides is 1. The zero-order valence-electron chi connectivity index (χ0n) is 18.5. The number of benzene rings is 2. The molecule has 1 amide bonds. The van der Waals surface area contributed by atoms with Gasteiger partial charge >= 0.3 is 0 Å². The number of aromatic nitrogens is 3. The number of hydrogen-bond acceptors (Lipinski definition) is 7. The highest BCUT2D eigenvalue weighted by Crippen LogP contribution is 2.30. The SMILES string of the molecule is Cc1occc1-c1nnc(SCC(=O)NC(C)c2ccc(S(N)(=O)=O)cc2)n1-c1ccccc1. The number of thioether (sulfide) groups is 1. The molecule has 0 spiro atoms. The molecule has 1 unspecified atom stereocenters. The van der Waals surface area contributed by atoms with E-state index in [9.17, 15) is 13.2 Å². The van der Waals surface area contributed by atoms with Crippen molar-refractivity contribution >= 4 is 27.7 Å². The van der Waals surface area contributed by atoms with Crippen molar-refractivity contribution in [2.75, 3.05) is 5.75 Å². The highest BCUT2D eigenvalue weighted by Gasteiger charge is 2.20. The minimum Gasteiger partial charge on any atom is -0.469 e. The number of hydrogen-bond donors (Lipinski definition) is 2. The predicted octanol–water partition coefficient (Wildman–Crippen LogP) is 3.45. The molecule has 2 heterocycles. The van der Waals surface area contributed by atoms with Gasteiger partial charge < -0.3 is 9.73 Å². The Morgan fingerprint density at radius 2 is 1.82 bits per heavy atom. The van der Waals surface area contributed by atoms with Crippen LogP contribution in [0, 0.1) is 6.92 Å². The second-order valence-corrected chi connectivity index (χ2v) is 10.1. The van der Waals surface area contributed by atoms with Crippen molar-refractivity contribution in [1.82, 2.24) is 20.1 Å². The standard InChI is InChI=1S/C23H23N5O4S2/c1-15(17-8-10-19(11-9-17)34(24,30)31)25-21(29)14-33-23-27-26-22(20-12-13-32-16(20)2)28(23)18-6-4-3-5-7-18/h3-13,15H,14H2,1-2H3,(H,25,29)(H2,24,30,31). The quantitative estimate of drug-likeness (QED) is 0.356. The summed E-state index contributed by atoms with van der Waals surface area (Å²) in [6.07, 6.45) is 1.60. The van der Waals surface area contributed by atoms with Gasteiger partial charge in [0.15, 0.2) is 11.0 Å². The van der Waals surface area contributed by atoms with E-state index in [-0.39, 0.29) is 22.6 Å². The van der Waals surface area contributed by atoms with Crippen molar-refractivity contribution in [3.05, 3.63) is 78.3 Å². The average Bonchev–Trinajstić information content (AvgIpc) is 3.43. The van der Waals surface area contributed by atoms with Crippen molar-refractivity contribution in [3.63, 3.8) is 0 Å². The first kappa shape index (κ1) is 23.7. The number of para-hydroxylation sites is 1. The molecule has 0 aliphatic rings. The summed E-state index contributed by atoms with van der Waals surface area (Å²) in [5, 5.41) is 17.3. The molecule has 3 N–H and O–H groups in total. The minimum atomic E-state index is -3.76. The molecule has 4 rings (SSSR count). The summed E-state index contributed by atoms with van der Waals surface area (Å²) in [6.45, 7) is 3.68. The Labute approximate surface area is 201 Å². The second-order valence-electron chi connectivity index (χ2n) is 7.56. The summed E-state index contributed by atoms with van der Waals surface area (Å²) in [4.78, 5) is 12.7. The van der Waals surface area contributed by atoms with Crippen LogP contribution in [0.25, 0.3) is 17.1 Å². The number of rotatable bonds is 8. The number of nitrogens with two attached hydrogens (primary N) is 1. The first-order valence-electron chi connectivity index (χ1n) is 10.3. The maximum absolute atomic E-state index is 12.6. The van der Waals surface area contributed by atoms with Gasteiger partial charge in [-0.05, 0) is 49.7 Å². The fraction of sp³-hybridized carbons (Fsp3) is 0.174. The molecular formula is C23H23N5O4S2. The lowest BCUT2D eigenvalue weighted by Gasteiger charge is -2.15. The molecule has 11 heteroatoms. The number of amides is 1. The Balaban J connectivity index is 1.49. The van der Waals surface area contributed by atoms with Crippen LogP contribution in [0.5, 0.6) is 0 Å². The summed E-state index contributed by atoms with van der Waals surface area (Å²) < 4.78 is 30.2. The lowest BCUT2D eigenvalue weighted by Crippen LogP contribution is -2.28. The van der Waals surface area contributed by atoms with Crippen LogP contribution in [-0.2, 0) is 14.8 Å². The smallest absolute Gasteiger partial charge is 0.238 e. The van der Waals surface area contributed by atoms with E-state index in [1.165, 1.54) is 23.9 Å². The Morgan fingerprint density at radius 3 is 2.44 bits per heavy atom. The van der Waals surface area contributed by atoms with E-state index in [1.807, 2.05) is 54.8 Å². The molecule has 9 nitrogen and oxygen atoms in total. The van der Waals surface area contributed by atoms with Crippen LogP contribution in [0.4, 0.5) is 0 Å². The number of carbonyl (C=O) groups excluding carboxylic acids is 1. The van der Waals surface area contributed by atoms with Gasteiger partial charge in [-0.1, -0.05) is 42.1 Å². The van der Waals surface area contributed by atoms with Gasteiger partial charge in [0.25, 0.3) is 0 Å². The molecule has 176 valence electrons. The highest BCUT2D eigenvalue weighted by molar-refractivity contribution is 7.99. The molecule has 4 aromatic rings. The molecule has 34 heavy (non-hydrogen) atoms. The topological polar surface area (TPSA) is 133 Å². The molecule has 0 fully saturated rings. The molecule has 2 aromatic carbocycles. The van der Waals surface area contributed by atoms with E-state index in [1.54, 1.807) is 18.4 Å². The molecule has 0 aliphatic carbocycles. The lowest BCUT2D eigenvalue weighted by atomic mass is 10.1. The van der Waals surface area contributed by atoms with Crippen LogP contribution < -0.4 is 10.5 Å². The van der Waals surface area contributed by atoms with Crippen LogP contribution in [0.3, 0.4) is 0 Å². The third-order valence-electron chi connectivity index (χ3n) is 5.17. The van der Waals surface area contributed by atoms with Crippen LogP contribution >= 0.6 is 11.8 Å². The third-order valence-corrected chi connectivity index (χ3v) is 7.02. The van der Waals surface area contributed by atoms with E-state index >= 15 is 0 Å². The monoisotopic (exact) mass is 497 g/mol. The number of nitrogens with zero attached hydrogens (tertiary/aromatic N) is 3. The van der Waals surface area contributed by atoms with E-state index in [0.29, 0.717) is 11.0 Å². The Hall–Kier alpha value is -3.41. The van der Waals surface area contributed by atoms with Crippen molar-refractivity contribution in [2.24, 2.45) is 5.14 Å². The van der Waals surface area contributed by atoms with E-state index in [4.69, 9.17) is 9.56 Å². The molecular weight excluding hydrogens is 474 g/mol. The Bertz CT molecular complexity index is 1400. The van der Waals surface area contributed by atoms with Gasteiger partial charge in [-0.3, -0.25) is 9.36 Å². The molecule has 0 saturated carbocycles. The molecule has 0 aliphatic heterocycles. The van der Waals surface area contributed by atoms with Gasteiger partial charge in [0.05, 0.1) is 28.5 Å². The summed E-state index contributed by atoms with van der Waals surface area (Å²) in [5.41, 5.74) is 2.45. The van der Waals surface area contributed by atoms with E-state index in [0.717, 1.165) is 22.6 Å². The summed E-state index contributed by atoms with van der Waals surface area (Å²) in [7, 11) is -3.76. The number of nitrogens with one attached hydrogen (secondary N) is 1. The molecule has 0 saturated heterocycles. The first-order chi connectivity index (χ1) is 16.2. The highest BCUT2D eigenvalue weighted by atomic mass is 32.2. The number of carbonyl (C=O) groups is 1. The average molecular weight is 498 g/mol. The van der Waals surface area contributed by atoms with Crippen molar-refractivity contribution < 1.29 is 17.6 Å². The number of aryl methyl sites for hydroxylation is 1. The van der Waals surface area contributed by atoms with Crippen LogP contribution in [0.2, 0.25) is 0 Å². The normalized spacial score (nSPS) is 12.4. The first-order valence-corrected chi connectivity index (χ1v) is 12.9. The van der Waals surface area contributed by atoms with Crippen LogP contribution in [0.15, 0.2) is 81.4 Å². The molecule has 2 aromatic heterocycles. The summed E-state index contributed by atoms with van der Waals surface area (Å²) >= 11 is 1.27. The van der Waals surface area contributed by atoms with Crippen molar-refractivity contribution in [3.8, 4) is 17.1 Å². The minimum absolute atomic E-state index is 0.0224. The third kappa shape index (κ3) is 5.22. The van der Waals surface area contributed by atoms with Gasteiger partial charge in [0.1, 0.15) is 5.76 Å². The van der Waals surface area contributed by atoms with Gasteiger partial charge in [-0.25, -0.2) is 13.6 Å². The summed E-state index contributed by atoms with van der Waals surface area (Å²) in [5.74, 6) is 1.27. The number of primary sulfonamides is 1. The van der Waals surface area contributed by atoms with E-state index < -0.39 is 10.0 Å². The maximum Gasteiger partial charge on any atom is 0.238 e. The predicted molar refractivity (Wildman–Crippen MR) is 129 cm³/mol. The maximum atomic E-state index is 12.6. The zero-order valence-corrected chi connectivity index (χ0v) is 20.1. The fourth-order valence-corrected chi connectivity index (χ4v) is 4.69. The van der Waals surface area contributed by atoms with Crippen LogP contribution in [-0.4, -0.2) is 34.8 Å². The Kier molecular flexibility index (Phi) is 6.87. The van der Waals surface area contributed by atoms with Gasteiger partial charge in [0, 0.05) is 5.69 Å². The molecule has 1 atom stereocenters. The largest absolute Gasteiger partial charge is 0.469 e.